The number of hydrogen-bond donors (Lipinski definition) is 3. The van der Waals surface area contributed by atoms with Crippen molar-refractivity contribution in [1.82, 2.24) is 20.6 Å². The van der Waals surface area contributed by atoms with Crippen molar-refractivity contribution in [2.75, 3.05) is 19.6 Å². The predicted molar refractivity (Wildman–Crippen MR) is 86.7 cm³/mol. The summed E-state index contributed by atoms with van der Waals surface area (Å²) in [6.07, 6.45) is 4.61. The van der Waals surface area contributed by atoms with E-state index < -0.39 is 28.5 Å². The summed E-state index contributed by atoms with van der Waals surface area (Å²) in [6.45, 7) is 2.08. The molecule has 0 unspecified atom stereocenters. The summed E-state index contributed by atoms with van der Waals surface area (Å²) >= 11 is 0. The number of hydroxylamine groups is 2. The van der Waals surface area contributed by atoms with Gasteiger partial charge in [0.1, 0.15) is 6.04 Å². The van der Waals surface area contributed by atoms with E-state index in [1.807, 2.05) is 0 Å². The molecule has 0 aromatic carbocycles. The maximum Gasteiger partial charge on any atom is 0.418 e. The molecule has 3 fully saturated rings. The van der Waals surface area contributed by atoms with E-state index in [-0.39, 0.29) is 18.5 Å². The highest BCUT2D eigenvalue weighted by Crippen LogP contribution is 2.30. The van der Waals surface area contributed by atoms with Gasteiger partial charge in [-0.2, -0.15) is 13.5 Å². The fraction of sp³-hybridized carbons (Fsp3) is 0.857. The topological polar surface area (TPSA) is 128 Å². The summed E-state index contributed by atoms with van der Waals surface area (Å²) in [5.41, 5.74) is 0. The highest BCUT2D eigenvalue weighted by atomic mass is 32.3. The van der Waals surface area contributed by atoms with Crippen molar-refractivity contribution >= 4 is 22.3 Å². The molecule has 3 saturated heterocycles. The second kappa shape index (κ2) is 7.44. The van der Waals surface area contributed by atoms with Crippen LogP contribution in [-0.2, 0) is 19.5 Å². The van der Waals surface area contributed by atoms with Crippen molar-refractivity contribution in [3.63, 3.8) is 0 Å². The molecule has 3 aliphatic rings. The van der Waals surface area contributed by atoms with Crippen LogP contribution in [0.1, 0.15) is 38.5 Å². The van der Waals surface area contributed by atoms with Gasteiger partial charge in [0, 0.05) is 12.6 Å². The fourth-order valence-electron chi connectivity index (χ4n) is 3.76. The molecule has 3 heterocycles. The third kappa shape index (κ3) is 4.40. The Morgan fingerprint density at radius 3 is 2.52 bits per heavy atom. The summed E-state index contributed by atoms with van der Waals surface area (Å²) < 4.78 is 35.0. The molecule has 3 rings (SSSR count). The zero-order valence-electron chi connectivity index (χ0n) is 13.9. The van der Waals surface area contributed by atoms with Gasteiger partial charge in [0.05, 0.1) is 6.04 Å². The van der Waals surface area contributed by atoms with Crippen LogP contribution in [0.15, 0.2) is 0 Å². The van der Waals surface area contributed by atoms with Crippen LogP contribution in [0.2, 0.25) is 0 Å². The van der Waals surface area contributed by atoms with Crippen LogP contribution in [0, 0.1) is 0 Å². The zero-order valence-corrected chi connectivity index (χ0v) is 14.7. The number of rotatable bonds is 4. The van der Waals surface area contributed by atoms with Gasteiger partial charge in [-0.25, -0.2) is 4.79 Å². The second-order valence-corrected chi connectivity index (χ2v) is 7.75. The third-order valence-electron chi connectivity index (χ3n) is 4.96. The number of piperidine rings is 1. The molecule has 0 aromatic heterocycles. The molecule has 2 bridgehead atoms. The number of amides is 3. The quantitative estimate of drug-likeness (QED) is 0.572. The summed E-state index contributed by atoms with van der Waals surface area (Å²) in [5.74, 6) is -0.209. The second-order valence-electron chi connectivity index (χ2n) is 6.75. The average Bonchev–Trinajstić information content (AvgIpc) is 2.73. The molecule has 25 heavy (non-hydrogen) atoms. The van der Waals surface area contributed by atoms with Crippen molar-refractivity contribution in [2.24, 2.45) is 0 Å². The monoisotopic (exact) mass is 376 g/mol. The molecule has 142 valence electrons. The molecule has 0 spiro atoms. The Morgan fingerprint density at radius 1 is 1.20 bits per heavy atom. The van der Waals surface area contributed by atoms with Crippen LogP contribution in [0.25, 0.3) is 0 Å². The first-order valence-corrected chi connectivity index (χ1v) is 9.99. The van der Waals surface area contributed by atoms with Crippen molar-refractivity contribution in [1.29, 1.82) is 0 Å². The van der Waals surface area contributed by atoms with E-state index in [1.54, 1.807) is 0 Å². The molecule has 11 heteroatoms. The summed E-state index contributed by atoms with van der Waals surface area (Å²) in [6, 6.07) is -1.73. The maximum absolute atomic E-state index is 12.6. The SMILES string of the molecule is O=C(NC1CCCNCCC1)[C@@H]1CC[C@@H]2CN1C(=O)N2OS(=O)(=O)O. The smallest absolute Gasteiger partial charge is 0.352 e. The van der Waals surface area contributed by atoms with Crippen molar-refractivity contribution in [3.8, 4) is 0 Å². The number of fused-ring (bicyclic) bond motifs is 2. The standard InChI is InChI=1S/C14H24N4O6S/c19-13(16-10-3-1-7-15-8-2-4-10)12-6-5-11-9-17(12)14(20)18(11)24-25(21,22)23/h10-12,15H,1-9H2,(H,16,19)(H,21,22,23)/t11-,12+/m1/s1. The highest BCUT2D eigenvalue weighted by Gasteiger charge is 2.49. The van der Waals surface area contributed by atoms with Crippen molar-refractivity contribution in [3.05, 3.63) is 0 Å². The normalized spacial score (nSPS) is 28.6. The molecule has 0 aliphatic carbocycles. The van der Waals surface area contributed by atoms with Gasteiger partial charge in [-0.15, -0.1) is 4.28 Å². The minimum atomic E-state index is -4.78. The lowest BCUT2D eigenvalue weighted by Crippen LogP contribution is -2.52. The molecule has 0 radical (unpaired) electrons. The molecule has 10 nitrogen and oxygen atoms in total. The van der Waals surface area contributed by atoms with Gasteiger partial charge in [0.15, 0.2) is 0 Å². The van der Waals surface area contributed by atoms with Gasteiger partial charge in [-0.05, 0) is 51.6 Å². The van der Waals surface area contributed by atoms with Crippen LogP contribution in [0.3, 0.4) is 0 Å². The number of hydrogen-bond acceptors (Lipinski definition) is 6. The van der Waals surface area contributed by atoms with E-state index in [4.69, 9.17) is 4.55 Å². The number of carbonyl (C=O) groups is 2. The Balaban J connectivity index is 1.62. The number of nitrogens with one attached hydrogen (secondary N) is 2. The predicted octanol–water partition coefficient (Wildman–Crippen LogP) is -0.362. The van der Waals surface area contributed by atoms with Gasteiger partial charge < -0.3 is 15.5 Å². The lowest BCUT2D eigenvalue weighted by atomic mass is 9.98. The summed E-state index contributed by atoms with van der Waals surface area (Å²) in [7, 11) is -4.78. The van der Waals surface area contributed by atoms with E-state index in [2.05, 4.69) is 14.9 Å². The lowest BCUT2D eigenvalue weighted by molar-refractivity contribution is -0.126. The fourth-order valence-corrected chi connectivity index (χ4v) is 4.15. The first-order chi connectivity index (χ1) is 11.8. The molecule has 3 aliphatic heterocycles. The molecule has 2 atom stereocenters. The van der Waals surface area contributed by atoms with Crippen molar-refractivity contribution in [2.45, 2.75) is 56.7 Å². The number of urea groups is 1. The molecular formula is C14H24N4O6S. The Labute approximate surface area is 146 Å². The summed E-state index contributed by atoms with van der Waals surface area (Å²) in [5, 5.41) is 7.01. The Bertz CT molecular complexity index is 619. The van der Waals surface area contributed by atoms with Gasteiger partial charge in [-0.1, -0.05) is 0 Å². The summed E-state index contributed by atoms with van der Waals surface area (Å²) in [4.78, 5) is 26.3. The van der Waals surface area contributed by atoms with Crippen LogP contribution in [-0.4, -0.2) is 72.6 Å². The first kappa shape index (κ1) is 18.4. The van der Waals surface area contributed by atoms with E-state index in [0.29, 0.717) is 17.9 Å². The highest BCUT2D eigenvalue weighted by molar-refractivity contribution is 7.80. The van der Waals surface area contributed by atoms with Crippen LogP contribution in [0.5, 0.6) is 0 Å². The van der Waals surface area contributed by atoms with Crippen LogP contribution in [0.4, 0.5) is 4.79 Å². The van der Waals surface area contributed by atoms with E-state index in [0.717, 1.165) is 38.8 Å². The number of carbonyl (C=O) groups excluding carboxylic acids is 2. The minimum absolute atomic E-state index is 0.0928. The van der Waals surface area contributed by atoms with Crippen LogP contribution >= 0.6 is 0 Å². The Kier molecular flexibility index (Phi) is 5.46. The van der Waals surface area contributed by atoms with Gasteiger partial charge in [0.25, 0.3) is 0 Å². The Hall–Kier alpha value is -1.43. The Morgan fingerprint density at radius 2 is 1.88 bits per heavy atom. The zero-order chi connectivity index (χ0) is 18.0. The van der Waals surface area contributed by atoms with E-state index in [9.17, 15) is 18.0 Å². The molecule has 3 N–H and O–H groups in total. The minimum Gasteiger partial charge on any atom is -0.352 e. The maximum atomic E-state index is 12.6. The largest absolute Gasteiger partial charge is 0.418 e. The molecule has 0 saturated carbocycles. The first-order valence-electron chi connectivity index (χ1n) is 8.63. The van der Waals surface area contributed by atoms with E-state index >= 15 is 0 Å². The van der Waals surface area contributed by atoms with Gasteiger partial charge in [-0.3, -0.25) is 9.35 Å². The molecular weight excluding hydrogens is 352 g/mol. The number of nitrogens with zero attached hydrogens (tertiary/aromatic N) is 2. The van der Waals surface area contributed by atoms with Crippen molar-refractivity contribution < 1.29 is 26.8 Å². The van der Waals surface area contributed by atoms with Crippen LogP contribution < -0.4 is 10.6 Å². The molecule has 0 aromatic rings. The third-order valence-corrected chi connectivity index (χ3v) is 5.31. The molecule has 3 amide bonds. The van der Waals surface area contributed by atoms with Gasteiger partial charge >= 0.3 is 16.4 Å². The average molecular weight is 376 g/mol. The van der Waals surface area contributed by atoms with E-state index in [1.165, 1.54) is 4.90 Å². The van der Waals surface area contributed by atoms with Gasteiger partial charge in [0.2, 0.25) is 5.91 Å². The lowest BCUT2D eigenvalue weighted by Gasteiger charge is -2.31.